The normalized spacial score (nSPS) is 16.3. The molecule has 0 fully saturated rings. The second kappa shape index (κ2) is 11.4. The summed E-state index contributed by atoms with van der Waals surface area (Å²) in [4.78, 5) is 23.9. The minimum atomic E-state index is -2.09. The lowest BCUT2D eigenvalue weighted by Gasteiger charge is -2.44. The van der Waals surface area contributed by atoms with Crippen LogP contribution in [0.2, 0.25) is 23.2 Å². The Bertz CT molecular complexity index is 1550. The Kier molecular flexibility index (Phi) is 8.05. The third-order valence-electron chi connectivity index (χ3n) is 8.26. The fourth-order valence-corrected chi connectivity index (χ4v) is 6.49. The van der Waals surface area contributed by atoms with Crippen molar-refractivity contribution in [2.75, 3.05) is 16.8 Å². The van der Waals surface area contributed by atoms with Crippen LogP contribution in [0.25, 0.3) is 11.3 Å². The van der Waals surface area contributed by atoms with Gasteiger partial charge in [-0.2, -0.15) is 5.10 Å². The molecular formula is C31H37ClN6O2Si. The van der Waals surface area contributed by atoms with Crippen LogP contribution in [0, 0.1) is 0 Å². The Balaban J connectivity index is 1.56. The number of fused-ring (bicyclic) bond motifs is 1. The van der Waals surface area contributed by atoms with E-state index in [0.29, 0.717) is 17.5 Å². The van der Waals surface area contributed by atoms with Gasteiger partial charge in [0.2, 0.25) is 5.95 Å². The van der Waals surface area contributed by atoms with Gasteiger partial charge in [0.15, 0.2) is 8.32 Å². The molecule has 2 aromatic heterocycles. The number of halogens is 1. The molecule has 0 saturated heterocycles. The summed E-state index contributed by atoms with van der Waals surface area (Å²) < 4.78 is 8.73. The monoisotopic (exact) mass is 588 g/mol. The summed E-state index contributed by atoms with van der Waals surface area (Å²) in [5.41, 5.74) is 4.56. The molecule has 1 aliphatic rings. The topological polar surface area (TPSA) is 85.2 Å². The van der Waals surface area contributed by atoms with Gasteiger partial charge >= 0.3 is 0 Å². The second-order valence-corrected chi connectivity index (χ2v) is 17.1. The van der Waals surface area contributed by atoms with E-state index in [0.717, 1.165) is 46.6 Å². The van der Waals surface area contributed by atoms with Crippen LogP contribution in [0.1, 0.15) is 50.5 Å². The smallest absolute Gasteiger partial charge is 0.228 e. The highest BCUT2D eigenvalue weighted by Crippen LogP contribution is 2.46. The van der Waals surface area contributed by atoms with Crippen molar-refractivity contribution in [1.82, 2.24) is 19.7 Å². The molecule has 0 bridgehead atoms. The van der Waals surface area contributed by atoms with Gasteiger partial charge in [0.1, 0.15) is 18.1 Å². The molecule has 8 nitrogen and oxygen atoms in total. The maximum atomic E-state index is 12.5. The molecule has 0 saturated carbocycles. The Labute approximate surface area is 247 Å². The van der Waals surface area contributed by atoms with Crippen molar-refractivity contribution in [3.63, 3.8) is 0 Å². The molecule has 0 amide bonds. The molecule has 1 aliphatic heterocycles. The molecule has 2 unspecified atom stereocenters. The zero-order valence-corrected chi connectivity index (χ0v) is 26.2. The molecule has 1 N–H and O–H groups in total. The van der Waals surface area contributed by atoms with Gasteiger partial charge in [0.05, 0.1) is 18.0 Å². The van der Waals surface area contributed by atoms with Crippen molar-refractivity contribution in [2.24, 2.45) is 7.05 Å². The Morgan fingerprint density at radius 1 is 1.12 bits per heavy atom. The van der Waals surface area contributed by atoms with E-state index in [1.165, 1.54) is 0 Å². The zero-order valence-electron chi connectivity index (χ0n) is 24.4. The van der Waals surface area contributed by atoms with E-state index in [1.807, 2.05) is 49.5 Å². The van der Waals surface area contributed by atoms with Gasteiger partial charge in [0.25, 0.3) is 0 Å². The van der Waals surface area contributed by atoms with Gasteiger partial charge in [-0.15, -0.1) is 0 Å². The van der Waals surface area contributed by atoms with E-state index < -0.39 is 14.4 Å². The number of benzene rings is 2. The van der Waals surface area contributed by atoms with Gasteiger partial charge in [-0.25, -0.2) is 9.97 Å². The van der Waals surface area contributed by atoms with Crippen molar-refractivity contribution in [1.29, 1.82) is 0 Å². The molecule has 3 heterocycles. The van der Waals surface area contributed by atoms with Crippen LogP contribution in [0.3, 0.4) is 0 Å². The SMILES string of the molecule is Cn1nccc1Nc1nccc(-c2ccc3c(c2)C(O[Si](C)(C)C(C)(C)C)CCN3C(C=O)c2ccccc2Cl)n1. The van der Waals surface area contributed by atoms with Gasteiger partial charge < -0.3 is 19.4 Å². The number of rotatable bonds is 8. The van der Waals surface area contributed by atoms with Gasteiger partial charge in [-0.1, -0.05) is 56.6 Å². The van der Waals surface area contributed by atoms with Crippen LogP contribution in [-0.2, 0) is 16.3 Å². The van der Waals surface area contributed by atoms with Crippen LogP contribution >= 0.6 is 11.6 Å². The largest absolute Gasteiger partial charge is 0.410 e. The molecule has 0 radical (unpaired) electrons. The van der Waals surface area contributed by atoms with Gasteiger partial charge in [0, 0.05) is 53.3 Å². The summed E-state index contributed by atoms with van der Waals surface area (Å²) in [7, 11) is -0.232. The number of anilines is 3. The number of nitrogens with one attached hydrogen (secondary N) is 1. The van der Waals surface area contributed by atoms with Crippen molar-refractivity contribution in [3.05, 3.63) is 83.1 Å². The number of aldehydes is 1. The van der Waals surface area contributed by atoms with Crippen molar-refractivity contribution in [2.45, 2.75) is 57.5 Å². The first kappa shape index (κ1) is 29.0. The lowest BCUT2D eigenvalue weighted by atomic mass is 9.93. The molecule has 2 atom stereocenters. The van der Waals surface area contributed by atoms with Crippen LogP contribution < -0.4 is 10.2 Å². The number of carbonyl (C=O) groups excluding carboxylic acids is 1. The predicted octanol–water partition coefficient (Wildman–Crippen LogP) is 7.49. The summed E-state index contributed by atoms with van der Waals surface area (Å²) >= 11 is 6.56. The molecule has 2 aromatic carbocycles. The average molecular weight is 589 g/mol. The van der Waals surface area contributed by atoms with E-state index in [2.05, 4.69) is 66.3 Å². The van der Waals surface area contributed by atoms with Crippen LogP contribution in [0.5, 0.6) is 0 Å². The van der Waals surface area contributed by atoms with Gasteiger partial charge in [-0.05, 0) is 48.8 Å². The van der Waals surface area contributed by atoms with E-state index in [9.17, 15) is 4.79 Å². The average Bonchev–Trinajstić information content (AvgIpc) is 3.34. The maximum Gasteiger partial charge on any atom is 0.228 e. The van der Waals surface area contributed by atoms with Crippen molar-refractivity contribution < 1.29 is 9.22 Å². The van der Waals surface area contributed by atoms with Crippen molar-refractivity contribution >= 4 is 43.7 Å². The summed E-state index contributed by atoms with van der Waals surface area (Å²) in [6, 6.07) is 17.1. The van der Waals surface area contributed by atoms with E-state index in [1.54, 1.807) is 17.1 Å². The highest BCUT2D eigenvalue weighted by Gasteiger charge is 2.41. The fraction of sp³-hybridized carbons (Fsp3) is 0.355. The van der Waals surface area contributed by atoms with Crippen LogP contribution in [-0.4, -0.2) is 40.9 Å². The summed E-state index contributed by atoms with van der Waals surface area (Å²) in [5, 5.41) is 8.08. The lowest BCUT2D eigenvalue weighted by molar-refractivity contribution is -0.109. The molecule has 0 aliphatic carbocycles. The molecule has 4 aromatic rings. The highest BCUT2D eigenvalue weighted by molar-refractivity contribution is 6.74. The number of hydrogen-bond donors (Lipinski definition) is 1. The minimum absolute atomic E-state index is 0.0594. The number of aryl methyl sites for hydroxylation is 1. The number of carbonyl (C=O) groups is 1. The first-order valence-electron chi connectivity index (χ1n) is 13.8. The second-order valence-electron chi connectivity index (χ2n) is 12.0. The molecule has 41 heavy (non-hydrogen) atoms. The Morgan fingerprint density at radius 3 is 2.59 bits per heavy atom. The number of aromatic nitrogens is 4. The van der Waals surface area contributed by atoms with E-state index in [-0.39, 0.29) is 11.1 Å². The highest BCUT2D eigenvalue weighted by atomic mass is 35.5. The maximum absolute atomic E-state index is 12.5. The van der Waals surface area contributed by atoms with Crippen LogP contribution in [0.4, 0.5) is 17.5 Å². The summed E-state index contributed by atoms with van der Waals surface area (Å²) in [6.45, 7) is 12.0. The van der Waals surface area contributed by atoms with Crippen molar-refractivity contribution in [3.8, 4) is 11.3 Å². The standard InChI is InChI=1S/C31H37ClN6O2Si/c1-31(2,3)41(5,6)40-28-15-18-38(27(20-39)22-9-7-8-10-24(22)32)26-12-11-21(19-23(26)28)25-13-16-33-30(35-25)36-29-14-17-34-37(29)4/h7-14,16-17,19-20,27-28H,15,18H2,1-6H3,(H,33,35,36). The fourth-order valence-electron chi connectivity index (χ4n) is 4.93. The summed E-state index contributed by atoms with van der Waals surface area (Å²) in [5.74, 6) is 1.28. The first-order chi connectivity index (χ1) is 19.5. The summed E-state index contributed by atoms with van der Waals surface area (Å²) in [6.07, 6.45) is 5.10. The minimum Gasteiger partial charge on any atom is -0.410 e. The predicted molar refractivity (Wildman–Crippen MR) is 167 cm³/mol. The lowest BCUT2D eigenvalue weighted by Crippen LogP contribution is -2.44. The van der Waals surface area contributed by atoms with E-state index >= 15 is 0 Å². The quantitative estimate of drug-likeness (QED) is 0.169. The number of nitrogens with zero attached hydrogens (tertiary/aromatic N) is 5. The van der Waals surface area contributed by atoms with Gasteiger partial charge in [-0.3, -0.25) is 4.68 Å². The molecule has 214 valence electrons. The Morgan fingerprint density at radius 2 is 1.90 bits per heavy atom. The molecular weight excluding hydrogens is 552 g/mol. The molecule has 5 rings (SSSR count). The van der Waals surface area contributed by atoms with E-state index in [4.69, 9.17) is 21.0 Å². The third kappa shape index (κ3) is 5.93. The zero-order chi connectivity index (χ0) is 29.4. The molecule has 10 heteroatoms. The third-order valence-corrected chi connectivity index (χ3v) is 13.1. The first-order valence-corrected chi connectivity index (χ1v) is 17.1. The molecule has 0 spiro atoms. The van der Waals surface area contributed by atoms with Crippen LogP contribution in [0.15, 0.2) is 67.0 Å². The Hall–Kier alpha value is -3.53. The number of hydrogen-bond acceptors (Lipinski definition) is 7.